The molecule has 0 radical (unpaired) electrons. The number of nitrogens with zero attached hydrogens (tertiary/aromatic N) is 2. The van der Waals surface area contributed by atoms with Crippen LogP contribution in [0.25, 0.3) is 0 Å². The molecule has 0 spiro atoms. The first-order valence-electron chi connectivity index (χ1n) is 8.04. The molecule has 1 aliphatic rings. The highest BCUT2D eigenvalue weighted by atomic mass is 15.3. The van der Waals surface area contributed by atoms with Gasteiger partial charge in [0.25, 0.3) is 0 Å². The van der Waals surface area contributed by atoms with E-state index in [9.17, 15) is 0 Å². The van der Waals surface area contributed by atoms with Crippen LogP contribution in [0.4, 0.5) is 5.69 Å². The smallest absolute Gasteiger partial charge is 0.0679 e. The third kappa shape index (κ3) is 3.46. The standard InChI is InChI=1S/C18H25N3/c1-14-8-9-15(2)18(12-14)20-17-7-4-3-6-16(17)13-21-11-5-10-19-21/h3-7,10-11,14-15,18,20H,8-9,12-13H2,1-2H3. The molecule has 0 amide bonds. The average Bonchev–Trinajstić information content (AvgIpc) is 2.98. The van der Waals surface area contributed by atoms with Crippen LogP contribution in [0, 0.1) is 11.8 Å². The third-order valence-corrected chi connectivity index (χ3v) is 4.71. The molecular weight excluding hydrogens is 258 g/mol. The van der Waals surface area contributed by atoms with Crippen molar-refractivity contribution in [2.45, 2.75) is 45.7 Å². The lowest BCUT2D eigenvalue weighted by atomic mass is 9.80. The fourth-order valence-corrected chi connectivity index (χ4v) is 3.30. The number of hydrogen-bond acceptors (Lipinski definition) is 2. The van der Waals surface area contributed by atoms with E-state index in [1.165, 1.54) is 30.5 Å². The Morgan fingerprint density at radius 2 is 2.05 bits per heavy atom. The van der Waals surface area contributed by atoms with Gasteiger partial charge in [-0.2, -0.15) is 5.10 Å². The van der Waals surface area contributed by atoms with Gasteiger partial charge in [0.1, 0.15) is 0 Å². The molecule has 2 aromatic rings. The monoisotopic (exact) mass is 283 g/mol. The normalized spacial score (nSPS) is 25.7. The molecule has 1 N–H and O–H groups in total. The van der Waals surface area contributed by atoms with Gasteiger partial charge in [-0.3, -0.25) is 4.68 Å². The highest BCUT2D eigenvalue weighted by molar-refractivity contribution is 5.52. The van der Waals surface area contributed by atoms with Crippen molar-refractivity contribution in [1.82, 2.24) is 9.78 Å². The molecule has 0 saturated heterocycles. The predicted molar refractivity (Wildman–Crippen MR) is 87.4 cm³/mol. The topological polar surface area (TPSA) is 29.9 Å². The van der Waals surface area contributed by atoms with E-state index in [1.54, 1.807) is 0 Å². The second-order valence-corrected chi connectivity index (χ2v) is 6.51. The van der Waals surface area contributed by atoms with Crippen molar-refractivity contribution in [1.29, 1.82) is 0 Å². The van der Waals surface area contributed by atoms with Crippen LogP contribution in [0.1, 0.15) is 38.7 Å². The predicted octanol–water partition coefficient (Wildman–Crippen LogP) is 4.17. The number of para-hydroxylation sites is 1. The van der Waals surface area contributed by atoms with Crippen molar-refractivity contribution >= 4 is 5.69 Å². The van der Waals surface area contributed by atoms with Gasteiger partial charge in [0.15, 0.2) is 0 Å². The zero-order valence-corrected chi connectivity index (χ0v) is 13.0. The van der Waals surface area contributed by atoms with Crippen LogP contribution in [-0.2, 0) is 6.54 Å². The number of rotatable bonds is 4. The van der Waals surface area contributed by atoms with Gasteiger partial charge in [-0.05, 0) is 42.4 Å². The number of nitrogens with one attached hydrogen (secondary N) is 1. The van der Waals surface area contributed by atoms with Crippen LogP contribution in [-0.4, -0.2) is 15.8 Å². The molecular formula is C18H25N3. The highest BCUT2D eigenvalue weighted by Crippen LogP contribution is 2.31. The molecule has 1 aliphatic carbocycles. The lowest BCUT2D eigenvalue weighted by Gasteiger charge is -2.34. The summed E-state index contributed by atoms with van der Waals surface area (Å²) < 4.78 is 1.98. The van der Waals surface area contributed by atoms with E-state index in [2.05, 4.69) is 48.5 Å². The maximum atomic E-state index is 4.32. The first kappa shape index (κ1) is 14.2. The summed E-state index contributed by atoms with van der Waals surface area (Å²) in [5.41, 5.74) is 2.57. The van der Waals surface area contributed by atoms with Gasteiger partial charge in [0, 0.05) is 24.1 Å². The third-order valence-electron chi connectivity index (χ3n) is 4.71. The molecule has 3 nitrogen and oxygen atoms in total. The summed E-state index contributed by atoms with van der Waals surface area (Å²) in [6.45, 7) is 5.57. The van der Waals surface area contributed by atoms with Crippen LogP contribution >= 0.6 is 0 Å². The Bertz CT molecular complexity index is 562. The largest absolute Gasteiger partial charge is 0.382 e. The van der Waals surface area contributed by atoms with E-state index >= 15 is 0 Å². The molecule has 1 heterocycles. The molecule has 3 atom stereocenters. The van der Waals surface area contributed by atoms with Crippen molar-refractivity contribution in [2.24, 2.45) is 11.8 Å². The Kier molecular flexibility index (Phi) is 4.28. The fraction of sp³-hybridized carbons (Fsp3) is 0.500. The van der Waals surface area contributed by atoms with Crippen LogP contribution in [0.5, 0.6) is 0 Å². The van der Waals surface area contributed by atoms with Gasteiger partial charge in [-0.1, -0.05) is 38.5 Å². The maximum Gasteiger partial charge on any atom is 0.0679 e. The summed E-state index contributed by atoms with van der Waals surface area (Å²) in [6.07, 6.45) is 7.83. The molecule has 1 saturated carbocycles. The molecule has 1 aromatic carbocycles. The number of aromatic nitrogens is 2. The zero-order valence-electron chi connectivity index (χ0n) is 13.0. The van der Waals surface area contributed by atoms with Crippen molar-refractivity contribution in [3.8, 4) is 0 Å². The highest BCUT2D eigenvalue weighted by Gasteiger charge is 2.25. The molecule has 0 aliphatic heterocycles. The van der Waals surface area contributed by atoms with Crippen LogP contribution in [0.2, 0.25) is 0 Å². The lowest BCUT2D eigenvalue weighted by Crippen LogP contribution is -2.33. The molecule has 0 bridgehead atoms. The van der Waals surface area contributed by atoms with E-state index in [0.717, 1.165) is 18.4 Å². The number of benzene rings is 1. The zero-order chi connectivity index (χ0) is 14.7. The van der Waals surface area contributed by atoms with Gasteiger partial charge in [-0.25, -0.2) is 0 Å². The first-order chi connectivity index (χ1) is 10.2. The van der Waals surface area contributed by atoms with Crippen LogP contribution in [0.3, 0.4) is 0 Å². The van der Waals surface area contributed by atoms with E-state index in [0.29, 0.717) is 6.04 Å². The molecule has 3 rings (SSSR count). The van der Waals surface area contributed by atoms with Gasteiger partial charge in [0.05, 0.1) is 6.54 Å². The van der Waals surface area contributed by atoms with Crippen LogP contribution in [0.15, 0.2) is 42.7 Å². The molecule has 112 valence electrons. The maximum absolute atomic E-state index is 4.32. The number of hydrogen-bond donors (Lipinski definition) is 1. The molecule has 3 heteroatoms. The van der Waals surface area contributed by atoms with E-state index in [4.69, 9.17) is 0 Å². The van der Waals surface area contributed by atoms with E-state index in [1.807, 2.05) is 23.1 Å². The van der Waals surface area contributed by atoms with Gasteiger partial charge >= 0.3 is 0 Å². The number of anilines is 1. The van der Waals surface area contributed by atoms with Gasteiger partial charge < -0.3 is 5.32 Å². The Balaban J connectivity index is 1.75. The Labute approximate surface area is 127 Å². The summed E-state index contributed by atoms with van der Waals surface area (Å²) in [6, 6.07) is 11.2. The first-order valence-corrected chi connectivity index (χ1v) is 8.04. The van der Waals surface area contributed by atoms with E-state index in [-0.39, 0.29) is 0 Å². The van der Waals surface area contributed by atoms with Crippen molar-refractivity contribution in [3.05, 3.63) is 48.3 Å². The van der Waals surface area contributed by atoms with Crippen molar-refractivity contribution in [2.75, 3.05) is 5.32 Å². The second-order valence-electron chi connectivity index (χ2n) is 6.51. The molecule has 1 fully saturated rings. The Morgan fingerprint density at radius 3 is 2.86 bits per heavy atom. The SMILES string of the molecule is CC1CCC(C)C(Nc2ccccc2Cn2cccn2)C1. The average molecular weight is 283 g/mol. The minimum Gasteiger partial charge on any atom is -0.382 e. The Morgan fingerprint density at radius 1 is 1.19 bits per heavy atom. The minimum absolute atomic E-state index is 0.590. The van der Waals surface area contributed by atoms with Gasteiger partial charge in [0.2, 0.25) is 0 Å². The molecule has 21 heavy (non-hydrogen) atoms. The fourth-order valence-electron chi connectivity index (χ4n) is 3.30. The van der Waals surface area contributed by atoms with Crippen molar-refractivity contribution in [3.63, 3.8) is 0 Å². The van der Waals surface area contributed by atoms with Gasteiger partial charge in [-0.15, -0.1) is 0 Å². The molecule has 3 unspecified atom stereocenters. The molecule has 1 aromatic heterocycles. The van der Waals surface area contributed by atoms with Crippen LogP contribution < -0.4 is 5.32 Å². The lowest BCUT2D eigenvalue weighted by molar-refractivity contribution is 0.280. The van der Waals surface area contributed by atoms with Crippen molar-refractivity contribution < 1.29 is 0 Å². The quantitative estimate of drug-likeness (QED) is 0.912. The minimum atomic E-state index is 0.590. The van der Waals surface area contributed by atoms with E-state index < -0.39 is 0 Å². The second kappa shape index (κ2) is 6.33. The summed E-state index contributed by atoms with van der Waals surface area (Å²) >= 11 is 0. The summed E-state index contributed by atoms with van der Waals surface area (Å²) in [5.74, 6) is 1.58. The summed E-state index contributed by atoms with van der Waals surface area (Å²) in [4.78, 5) is 0. The summed E-state index contributed by atoms with van der Waals surface area (Å²) in [5, 5.41) is 8.12. The Hall–Kier alpha value is -1.77. The summed E-state index contributed by atoms with van der Waals surface area (Å²) in [7, 11) is 0.